The number of benzene rings is 1. The third kappa shape index (κ3) is 2.55. The van der Waals surface area contributed by atoms with Gasteiger partial charge >= 0.3 is 0 Å². The summed E-state index contributed by atoms with van der Waals surface area (Å²) in [6, 6.07) is 7.30. The van der Waals surface area contributed by atoms with E-state index in [1.807, 2.05) is 12.1 Å². The number of hydrogen-bond acceptors (Lipinski definition) is 1. The molecule has 1 nitrogen and oxygen atoms in total. The summed E-state index contributed by atoms with van der Waals surface area (Å²) in [4.78, 5) is 0. The highest BCUT2D eigenvalue weighted by atomic mass is 19.1. The fourth-order valence-electron chi connectivity index (χ4n) is 1.30. The molecule has 0 aliphatic carbocycles. The van der Waals surface area contributed by atoms with Crippen LogP contribution < -0.4 is 0 Å². The molecule has 0 spiro atoms. The lowest BCUT2D eigenvalue weighted by Crippen LogP contribution is -2.11. The molecule has 1 N–H and O–H groups in total. The Hall–Kier alpha value is -0.890. The van der Waals surface area contributed by atoms with Crippen LogP contribution in [0, 0.1) is 0 Å². The van der Waals surface area contributed by atoms with E-state index < -0.39 is 12.8 Å². The highest BCUT2D eigenvalue weighted by Crippen LogP contribution is 2.24. The van der Waals surface area contributed by atoms with Crippen LogP contribution in [-0.4, -0.2) is 11.7 Å². The van der Waals surface area contributed by atoms with Crippen LogP contribution in [0.5, 0.6) is 0 Å². The average molecular weight is 196 g/mol. The Labute approximate surface area is 84.6 Å². The van der Waals surface area contributed by atoms with Gasteiger partial charge in [0.1, 0.15) is 6.17 Å². The zero-order valence-electron chi connectivity index (χ0n) is 8.92. The molecule has 2 heteroatoms. The van der Waals surface area contributed by atoms with Crippen LogP contribution in [-0.2, 0) is 5.41 Å². The van der Waals surface area contributed by atoms with E-state index in [1.165, 1.54) is 5.56 Å². The number of halogens is 1. The number of aliphatic hydroxyl groups excluding tert-OH is 1. The first kappa shape index (κ1) is 11.2. The van der Waals surface area contributed by atoms with Gasteiger partial charge in [-0.2, -0.15) is 0 Å². The molecule has 78 valence electrons. The molecule has 1 aromatic carbocycles. The molecule has 1 aromatic rings. The first-order valence-electron chi connectivity index (χ1n) is 4.80. The number of aliphatic hydroxyl groups is 1. The van der Waals surface area contributed by atoms with Crippen molar-refractivity contribution in [2.45, 2.75) is 32.4 Å². The molecule has 1 atom stereocenters. The van der Waals surface area contributed by atoms with Crippen LogP contribution in [0.2, 0.25) is 0 Å². The zero-order chi connectivity index (χ0) is 10.8. The van der Waals surface area contributed by atoms with E-state index in [2.05, 4.69) is 20.8 Å². The van der Waals surface area contributed by atoms with E-state index in [0.717, 1.165) is 0 Å². The second kappa shape index (κ2) is 4.09. The van der Waals surface area contributed by atoms with Gasteiger partial charge in [0.05, 0.1) is 6.61 Å². The van der Waals surface area contributed by atoms with Gasteiger partial charge in [-0.1, -0.05) is 45.0 Å². The number of alkyl halides is 1. The maximum Gasteiger partial charge on any atom is 0.148 e. The fraction of sp³-hybridized carbons (Fsp3) is 0.500. The van der Waals surface area contributed by atoms with E-state index in [-0.39, 0.29) is 5.41 Å². The summed E-state index contributed by atoms with van der Waals surface area (Å²) >= 11 is 0. The maximum atomic E-state index is 13.0. The normalized spacial score (nSPS) is 14.1. The molecule has 0 saturated heterocycles. The molecule has 0 aromatic heterocycles. The van der Waals surface area contributed by atoms with E-state index in [0.29, 0.717) is 5.56 Å². The molecule has 1 unspecified atom stereocenters. The van der Waals surface area contributed by atoms with Crippen LogP contribution in [0.25, 0.3) is 0 Å². The minimum atomic E-state index is -1.26. The summed E-state index contributed by atoms with van der Waals surface area (Å²) in [7, 11) is 0. The van der Waals surface area contributed by atoms with Gasteiger partial charge < -0.3 is 5.11 Å². The largest absolute Gasteiger partial charge is 0.393 e. The molecule has 0 aliphatic rings. The van der Waals surface area contributed by atoms with Gasteiger partial charge in [0, 0.05) is 0 Å². The van der Waals surface area contributed by atoms with Crippen molar-refractivity contribution in [3.05, 3.63) is 35.4 Å². The molecule has 0 saturated carbocycles. The van der Waals surface area contributed by atoms with Gasteiger partial charge in [0.15, 0.2) is 0 Å². The van der Waals surface area contributed by atoms with Crippen LogP contribution in [0.4, 0.5) is 4.39 Å². The van der Waals surface area contributed by atoms with Crippen molar-refractivity contribution in [1.29, 1.82) is 0 Å². The lowest BCUT2D eigenvalue weighted by molar-refractivity contribution is 0.180. The van der Waals surface area contributed by atoms with Gasteiger partial charge in [-0.15, -0.1) is 0 Å². The predicted molar refractivity (Wildman–Crippen MR) is 56.1 cm³/mol. The highest BCUT2D eigenvalue weighted by Gasteiger charge is 2.14. The van der Waals surface area contributed by atoms with Gasteiger partial charge in [0.2, 0.25) is 0 Å². The van der Waals surface area contributed by atoms with Crippen LogP contribution in [0.15, 0.2) is 24.3 Å². The number of rotatable bonds is 2. The molecular formula is C12H17FO. The topological polar surface area (TPSA) is 20.2 Å². The SMILES string of the molecule is CC(C)(C)c1ccc(C(F)CO)cc1. The van der Waals surface area contributed by atoms with Gasteiger partial charge in [0.25, 0.3) is 0 Å². The summed E-state index contributed by atoms with van der Waals surface area (Å²) in [5, 5.41) is 8.64. The molecular weight excluding hydrogens is 179 g/mol. The van der Waals surface area contributed by atoms with Crippen LogP contribution in [0.1, 0.15) is 38.1 Å². The van der Waals surface area contributed by atoms with Crippen LogP contribution in [0.3, 0.4) is 0 Å². The van der Waals surface area contributed by atoms with Crippen LogP contribution >= 0.6 is 0 Å². The first-order valence-corrected chi connectivity index (χ1v) is 4.80. The summed E-state index contributed by atoms with van der Waals surface area (Å²) < 4.78 is 13.0. The second-order valence-corrected chi connectivity index (χ2v) is 4.52. The van der Waals surface area contributed by atoms with E-state index in [9.17, 15) is 4.39 Å². The Morgan fingerprint density at radius 3 is 2.07 bits per heavy atom. The lowest BCUT2D eigenvalue weighted by Gasteiger charge is -2.19. The summed E-state index contributed by atoms with van der Waals surface area (Å²) in [5.41, 5.74) is 1.80. The standard InChI is InChI=1S/C12H17FO/c1-12(2,3)10-6-4-9(5-7-10)11(13)8-14/h4-7,11,14H,8H2,1-3H3. The predicted octanol–water partition coefficient (Wildman–Crippen LogP) is 2.99. The third-order valence-electron chi connectivity index (χ3n) is 2.30. The first-order chi connectivity index (χ1) is 6.45. The summed E-state index contributed by atoms with van der Waals surface area (Å²) in [5.74, 6) is 0. The molecule has 1 rings (SSSR count). The molecule has 0 amide bonds. The van der Waals surface area contributed by atoms with Crippen molar-refractivity contribution in [3.8, 4) is 0 Å². The van der Waals surface area contributed by atoms with E-state index in [1.54, 1.807) is 12.1 Å². The molecule has 0 fully saturated rings. The Balaban J connectivity index is 2.89. The van der Waals surface area contributed by atoms with Crippen molar-refractivity contribution >= 4 is 0 Å². The molecule has 0 heterocycles. The van der Waals surface area contributed by atoms with Crippen molar-refractivity contribution in [2.75, 3.05) is 6.61 Å². The van der Waals surface area contributed by atoms with Gasteiger partial charge in [-0.3, -0.25) is 0 Å². The average Bonchev–Trinajstić information content (AvgIpc) is 2.15. The van der Waals surface area contributed by atoms with Gasteiger partial charge in [-0.25, -0.2) is 4.39 Å². The lowest BCUT2D eigenvalue weighted by atomic mass is 9.86. The Kier molecular flexibility index (Phi) is 3.27. The second-order valence-electron chi connectivity index (χ2n) is 4.52. The monoisotopic (exact) mass is 196 g/mol. The zero-order valence-corrected chi connectivity index (χ0v) is 8.92. The van der Waals surface area contributed by atoms with Crippen molar-refractivity contribution < 1.29 is 9.50 Å². The van der Waals surface area contributed by atoms with Crippen molar-refractivity contribution in [2.24, 2.45) is 0 Å². The van der Waals surface area contributed by atoms with Gasteiger partial charge in [-0.05, 0) is 16.5 Å². The smallest absolute Gasteiger partial charge is 0.148 e. The van der Waals surface area contributed by atoms with E-state index in [4.69, 9.17) is 5.11 Å². The Bertz CT molecular complexity index is 284. The quantitative estimate of drug-likeness (QED) is 0.771. The maximum absolute atomic E-state index is 13.0. The molecule has 0 radical (unpaired) electrons. The summed E-state index contributed by atoms with van der Waals surface area (Å²) in [6.07, 6.45) is -1.26. The minimum Gasteiger partial charge on any atom is -0.393 e. The Morgan fingerprint density at radius 1 is 1.21 bits per heavy atom. The number of hydrogen-bond donors (Lipinski definition) is 1. The van der Waals surface area contributed by atoms with Crippen molar-refractivity contribution in [1.82, 2.24) is 0 Å². The van der Waals surface area contributed by atoms with E-state index >= 15 is 0 Å². The van der Waals surface area contributed by atoms with Crippen molar-refractivity contribution in [3.63, 3.8) is 0 Å². The molecule has 14 heavy (non-hydrogen) atoms. The fourth-order valence-corrected chi connectivity index (χ4v) is 1.30. The molecule has 0 bridgehead atoms. The minimum absolute atomic E-state index is 0.0869. The highest BCUT2D eigenvalue weighted by molar-refractivity contribution is 5.28. The molecule has 0 aliphatic heterocycles. The third-order valence-corrected chi connectivity index (χ3v) is 2.30. The Morgan fingerprint density at radius 2 is 1.71 bits per heavy atom. The summed E-state index contributed by atoms with van der Waals surface area (Å²) in [6.45, 7) is 5.89.